The van der Waals surface area contributed by atoms with Gasteiger partial charge in [-0.3, -0.25) is 9.20 Å². The summed E-state index contributed by atoms with van der Waals surface area (Å²) in [4.78, 5) is 12.3. The summed E-state index contributed by atoms with van der Waals surface area (Å²) in [6.45, 7) is 4.66. The van der Waals surface area contributed by atoms with Crippen LogP contribution in [0.15, 0.2) is 36.5 Å². The van der Waals surface area contributed by atoms with E-state index in [9.17, 15) is 4.79 Å². The minimum Gasteiger partial charge on any atom is -0.346 e. The van der Waals surface area contributed by atoms with Gasteiger partial charge in [-0.1, -0.05) is 25.3 Å². The van der Waals surface area contributed by atoms with Crippen molar-refractivity contribution in [2.45, 2.75) is 58.5 Å². The first-order valence-corrected chi connectivity index (χ1v) is 10.1. The molecular formula is C22H27N5O. The number of fused-ring (bicyclic) bond motifs is 1. The zero-order valence-corrected chi connectivity index (χ0v) is 16.6. The van der Waals surface area contributed by atoms with E-state index in [0.29, 0.717) is 18.4 Å². The first kappa shape index (κ1) is 18.5. The lowest BCUT2D eigenvalue weighted by Crippen LogP contribution is -2.21. The van der Waals surface area contributed by atoms with Crippen molar-refractivity contribution in [1.29, 1.82) is 0 Å². The minimum atomic E-state index is -0.129. The van der Waals surface area contributed by atoms with Crippen molar-refractivity contribution in [3.8, 4) is 0 Å². The van der Waals surface area contributed by atoms with E-state index in [-0.39, 0.29) is 5.91 Å². The number of carbonyl (C=O) groups excluding carboxylic acids is 1. The van der Waals surface area contributed by atoms with Crippen molar-refractivity contribution in [1.82, 2.24) is 24.5 Å². The Morgan fingerprint density at radius 2 is 2.04 bits per heavy atom. The van der Waals surface area contributed by atoms with E-state index in [0.717, 1.165) is 11.2 Å². The van der Waals surface area contributed by atoms with Crippen LogP contribution < -0.4 is 5.32 Å². The smallest absolute Gasteiger partial charge is 0.244 e. The van der Waals surface area contributed by atoms with Crippen LogP contribution in [0.2, 0.25) is 0 Å². The Hall–Kier alpha value is -2.89. The lowest BCUT2D eigenvalue weighted by Gasteiger charge is -2.26. The molecule has 0 radical (unpaired) electrons. The van der Waals surface area contributed by atoms with E-state index in [1.54, 1.807) is 6.08 Å². The van der Waals surface area contributed by atoms with Gasteiger partial charge in [0.1, 0.15) is 0 Å². The van der Waals surface area contributed by atoms with E-state index in [2.05, 4.69) is 40.0 Å². The molecule has 0 bridgehead atoms. The highest BCUT2D eigenvalue weighted by molar-refractivity contribution is 5.91. The third kappa shape index (κ3) is 3.72. The fourth-order valence-corrected chi connectivity index (χ4v) is 4.27. The van der Waals surface area contributed by atoms with Crippen molar-refractivity contribution in [2.24, 2.45) is 0 Å². The maximum absolute atomic E-state index is 12.3. The molecule has 1 fully saturated rings. The van der Waals surface area contributed by atoms with E-state index < -0.39 is 0 Å². The summed E-state index contributed by atoms with van der Waals surface area (Å²) >= 11 is 0. The van der Waals surface area contributed by atoms with Crippen LogP contribution in [0.1, 0.15) is 60.9 Å². The van der Waals surface area contributed by atoms with Crippen LogP contribution in [0.25, 0.3) is 11.7 Å². The van der Waals surface area contributed by atoms with Crippen LogP contribution in [-0.2, 0) is 11.3 Å². The van der Waals surface area contributed by atoms with Gasteiger partial charge in [0.05, 0.1) is 6.54 Å². The van der Waals surface area contributed by atoms with Gasteiger partial charge in [0, 0.05) is 29.7 Å². The molecule has 1 saturated carbocycles. The predicted octanol–water partition coefficient (Wildman–Crippen LogP) is 3.98. The molecule has 0 atom stereocenters. The number of aryl methyl sites for hydroxylation is 1. The molecule has 3 aromatic rings. The predicted molar refractivity (Wildman–Crippen MR) is 110 cm³/mol. The van der Waals surface area contributed by atoms with Crippen molar-refractivity contribution >= 4 is 17.6 Å². The second kappa shape index (κ2) is 8.00. The average Bonchev–Trinajstić information content (AvgIpc) is 3.25. The molecule has 1 aliphatic rings. The summed E-state index contributed by atoms with van der Waals surface area (Å²) in [5.41, 5.74) is 4.42. The molecule has 0 saturated heterocycles. The number of amides is 1. The molecule has 3 aromatic heterocycles. The Labute approximate surface area is 165 Å². The molecule has 1 aliphatic carbocycles. The van der Waals surface area contributed by atoms with Crippen molar-refractivity contribution in [3.63, 3.8) is 0 Å². The Morgan fingerprint density at radius 1 is 1.21 bits per heavy atom. The van der Waals surface area contributed by atoms with Crippen molar-refractivity contribution in [2.75, 3.05) is 0 Å². The molecule has 4 rings (SSSR count). The molecule has 1 N–H and O–H groups in total. The van der Waals surface area contributed by atoms with E-state index in [1.165, 1.54) is 43.5 Å². The molecule has 0 aromatic carbocycles. The van der Waals surface area contributed by atoms with Crippen molar-refractivity contribution < 1.29 is 4.79 Å². The lowest BCUT2D eigenvalue weighted by atomic mass is 9.95. The molecule has 146 valence electrons. The van der Waals surface area contributed by atoms with Crippen LogP contribution in [0.5, 0.6) is 0 Å². The van der Waals surface area contributed by atoms with Gasteiger partial charge >= 0.3 is 0 Å². The Kier molecular flexibility index (Phi) is 5.28. The maximum atomic E-state index is 12.3. The van der Waals surface area contributed by atoms with Gasteiger partial charge < -0.3 is 9.88 Å². The van der Waals surface area contributed by atoms with E-state index in [4.69, 9.17) is 0 Å². The Bertz CT molecular complexity index is 1010. The maximum Gasteiger partial charge on any atom is 0.244 e. The minimum absolute atomic E-state index is 0.129. The highest BCUT2D eigenvalue weighted by atomic mass is 16.1. The first-order valence-electron chi connectivity index (χ1n) is 10.1. The molecule has 1 amide bonds. The first-order chi connectivity index (χ1) is 13.6. The number of nitrogens with zero attached hydrogens (tertiary/aromatic N) is 4. The largest absolute Gasteiger partial charge is 0.346 e. The number of hydrogen-bond donors (Lipinski definition) is 1. The van der Waals surface area contributed by atoms with Crippen LogP contribution in [0.4, 0.5) is 0 Å². The molecule has 6 heteroatoms. The van der Waals surface area contributed by atoms with Crippen LogP contribution in [0, 0.1) is 13.8 Å². The highest BCUT2D eigenvalue weighted by Crippen LogP contribution is 2.32. The second-order valence-corrected chi connectivity index (χ2v) is 7.58. The number of pyridine rings is 1. The molecule has 0 unspecified atom stereocenters. The van der Waals surface area contributed by atoms with Gasteiger partial charge in [-0.25, -0.2) is 0 Å². The Balaban J connectivity index is 1.42. The van der Waals surface area contributed by atoms with Crippen LogP contribution in [-0.4, -0.2) is 25.1 Å². The van der Waals surface area contributed by atoms with E-state index >= 15 is 0 Å². The van der Waals surface area contributed by atoms with Gasteiger partial charge in [-0.05, 0) is 56.5 Å². The number of carbonyl (C=O) groups is 1. The third-order valence-electron chi connectivity index (χ3n) is 5.68. The summed E-state index contributed by atoms with van der Waals surface area (Å²) in [6.07, 6.45) is 11.9. The topological polar surface area (TPSA) is 64.2 Å². The second-order valence-electron chi connectivity index (χ2n) is 7.58. The van der Waals surface area contributed by atoms with Gasteiger partial charge in [0.25, 0.3) is 0 Å². The normalized spacial score (nSPS) is 15.5. The zero-order valence-electron chi connectivity index (χ0n) is 16.6. The molecule has 6 nitrogen and oxygen atoms in total. The Morgan fingerprint density at radius 3 is 2.86 bits per heavy atom. The number of aromatic nitrogens is 4. The number of nitrogens with one attached hydrogen (secondary N) is 1. The van der Waals surface area contributed by atoms with Gasteiger partial charge in [0.2, 0.25) is 5.91 Å². The summed E-state index contributed by atoms with van der Waals surface area (Å²) in [5.74, 6) is 0.586. The number of rotatable bonds is 5. The SMILES string of the molecule is Cc1cc(/C=C/C(=O)NCc2nnc3ccccn23)c(C)n1C1CCCCC1. The van der Waals surface area contributed by atoms with Gasteiger partial charge in [0.15, 0.2) is 11.5 Å². The molecule has 0 aliphatic heterocycles. The van der Waals surface area contributed by atoms with Crippen LogP contribution in [0.3, 0.4) is 0 Å². The molecule has 3 heterocycles. The van der Waals surface area contributed by atoms with Crippen LogP contribution >= 0.6 is 0 Å². The third-order valence-corrected chi connectivity index (χ3v) is 5.68. The zero-order chi connectivity index (χ0) is 19.5. The molecule has 0 spiro atoms. The van der Waals surface area contributed by atoms with E-state index in [1.807, 2.05) is 34.9 Å². The van der Waals surface area contributed by atoms with Gasteiger partial charge in [-0.15, -0.1) is 10.2 Å². The summed E-state index contributed by atoms with van der Waals surface area (Å²) in [5, 5.41) is 11.1. The molecule has 28 heavy (non-hydrogen) atoms. The summed E-state index contributed by atoms with van der Waals surface area (Å²) in [7, 11) is 0. The van der Waals surface area contributed by atoms with Gasteiger partial charge in [-0.2, -0.15) is 0 Å². The standard InChI is InChI=1S/C22H27N5O/c1-16-14-18(17(2)27(16)19-8-4-3-5-9-19)11-12-22(28)23-15-21-25-24-20-10-6-7-13-26(20)21/h6-7,10-14,19H,3-5,8-9,15H2,1-2H3,(H,23,28)/b12-11+. The lowest BCUT2D eigenvalue weighted by molar-refractivity contribution is -0.116. The monoisotopic (exact) mass is 377 g/mol. The quantitative estimate of drug-likeness (QED) is 0.684. The highest BCUT2D eigenvalue weighted by Gasteiger charge is 2.19. The number of hydrogen-bond acceptors (Lipinski definition) is 3. The average molecular weight is 377 g/mol. The fourth-order valence-electron chi connectivity index (χ4n) is 4.27. The summed E-state index contributed by atoms with van der Waals surface area (Å²) < 4.78 is 4.33. The summed E-state index contributed by atoms with van der Waals surface area (Å²) in [6, 6.07) is 8.51. The van der Waals surface area contributed by atoms with Crippen molar-refractivity contribution in [3.05, 3.63) is 59.3 Å². The fraction of sp³-hybridized carbons (Fsp3) is 0.409. The molecular weight excluding hydrogens is 350 g/mol.